The molecule has 0 unspecified atom stereocenters. The van der Waals surface area contributed by atoms with E-state index >= 15 is 0 Å². The molecule has 0 bridgehead atoms. The van der Waals surface area contributed by atoms with Crippen LogP contribution in [-0.2, 0) is 6.42 Å². The van der Waals surface area contributed by atoms with Crippen LogP contribution in [0.4, 0.5) is 17.3 Å². The minimum Gasteiger partial charge on any atom is -0.340 e. The predicted molar refractivity (Wildman–Crippen MR) is 112 cm³/mol. The number of carbonyl (C=O) groups excluding carboxylic acids is 1. The smallest absolute Gasteiger partial charge is 0.272 e. The topological polar surface area (TPSA) is 65.5 Å². The summed E-state index contributed by atoms with van der Waals surface area (Å²) in [7, 11) is 0. The van der Waals surface area contributed by atoms with E-state index in [-0.39, 0.29) is 5.91 Å². The van der Waals surface area contributed by atoms with Gasteiger partial charge in [-0.05, 0) is 36.2 Å². The van der Waals surface area contributed by atoms with Crippen LogP contribution >= 0.6 is 0 Å². The summed E-state index contributed by atoms with van der Waals surface area (Å²) in [6.07, 6.45) is 6.32. The van der Waals surface area contributed by atoms with Gasteiger partial charge in [0.15, 0.2) is 0 Å². The fraction of sp³-hybridized carbons (Fsp3) is 0.273. The number of piperazine rings is 1. The summed E-state index contributed by atoms with van der Waals surface area (Å²) in [6.45, 7) is 3.66. The van der Waals surface area contributed by atoms with Gasteiger partial charge in [-0.25, -0.2) is 15.0 Å². The van der Waals surface area contributed by atoms with E-state index in [2.05, 4.69) is 49.0 Å². The first-order valence-electron chi connectivity index (χ1n) is 9.92. The molecule has 4 heterocycles. The van der Waals surface area contributed by atoms with Crippen LogP contribution in [0, 0.1) is 0 Å². The quantitative estimate of drug-likeness (QED) is 0.689. The SMILES string of the molecule is O=C(c1ccc(N2CCc3ccccc32)cn1)N1CCN(c2ncccn2)CC1. The summed E-state index contributed by atoms with van der Waals surface area (Å²) in [5.41, 5.74) is 4.10. The second-order valence-corrected chi connectivity index (χ2v) is 7.26. The molecule has 1 amide bonds. The Balaban J connectivity index is 1.25. The van der Waals surface area contributed by atoms with Crippen LogP contribution in [0.2, 0.25) is 0 Å². The van der Waals surface area contributed by atoms with Gasteiger partial charge in [-0.15, -0.1) is 0 Å². The second kappa shape index (κ2) is 7.50. The third kappa shape index (κ3) is 3.40. The lowest BCUT2D eigenvalue weighted by molar-refractivity contribution is 0.0740. The van der Waals surface area contributed by atoms with Crippen LogP contribution in [-0.4, -0.2) is 58.5 Å². The minimum atomic E-state index is -0.0213. The number of hydrogen-bond donors (Lipinski definition) is 0. The van der Waals surface area contributed by atoms with Gasteiger partial charge < -0.3 is 14.7 Å². The average molecular weight is 386 g/mol. The summed E-state index contributed by atoms with van der Waals surface area (Å²) in [6, 6.07) is 14.1. The monoisotopic (exact) mass is 386 g/mol. The highest BCUT2D eigenvalue weighted by molar-refractivity contribution is 5.92. The molecule has 5 rings (SSSR count). The Morgan fingerprint density at radius 1 is 0.828 bits per heavy atom. The van der Waals surface area contributed by atoms with Gasteiger partial charge in [0.05, 0.1) is 11.9 Å². The van der Waals surface area contributed by atoms with Gasteiger partial charge >= 0.3 is 0 Å². The number of aromatic nitrogens is 3. The molecule has 0 N–H and O–H groups in total. The lowest BCUT2D eigenvalue weighted by Gasteiger charge is -2.34. The van der Waals surface area contributed by atoms with Gasteiger partial charge in [0.25, 0.3) is 5.91 Å². The van der Waals surface area contributed by atoms with Gasteiger partial charge in [0, 0.05) is 50.8 Å². The van der Waals surface area contributed by atoms with E-state index in [0.29, 0.717) is 24.7 Å². The molecule has 0 saturated carbocycles. The van der Waals surface area contributed by atoms with E-state index in [9.17, 15) is 4.79 Å². The molecule has 0 atom stereocenters. The Kier molecular flexibility index (Phi) is 4.56. The number of carbonyl (C=O) groups is 1. The molecule has 2 aliphatic heterocycles. The van der Waals surface area contributed by atoms with Crippen LogP contribution in [0.3, 0.4) is 0 Å². The molecule has 7 heteroatoms. The largest absolute Gasteiger partial charge is 0.340 e. The minimum absolute atomic E-state index is 0.0213. The number of rotatable bonds is 3. The van der Waals surface area contributed by atoms with Crippen molar-refractivity contribution < 1.29 is 4.79 Å². The van der Waals surface area contributed by atoms with Crippen molar-refractivity contribution in [2.45, 2.75) is 6.42 Å². The van der Waals surface area contributed by atoms with Gasteiger partial charge in [-0.3, -0.25) is 4.79 Å². The van der Waals surface area contributed by atoms with E-state index in [1.54, 1.807) is 18.5 Å². The van der Waals surface area contributed by atoms with Crippen molar-refractivity contribution in [1.82, 2.24) is 19.9 Å². The molecule has 0 aliphatic carbocycles. The number of amides is 1. The fourth-order valence-corrected chi connectivity index (χ4v) is 4.00. The van der Waals surface area contributed by atoms with Crippen LogP contribution in [0.25, 0.3) is 0 Å². The Morgan fingerprint density at radius 3 is 2.38 bits per heavy atom. The first kappa shape index (κ1) is 17.6. The first-order valence-corrected chi connectivity index (χ1v) is 9.92. The second-order valence-electron chi connectivity index (χ2n) is 7.26. The third-order valence-electron chi connectivity index (χ3n) is 5.57. The number of hydrogen-bond acceptors (Lipinski definition) is 6. The van der Waals surface area contributed by atoms with Gasteiger partial charge in [-0.1, -0.05) is 18.2 Å². The van der Waals surface area contributed by atoms with Crippen LogP contribution < -0.4 is 9.80 Å². The molecular formula is C22H22N6O. The van der Waals surface area contributed by atoms with Gasteiger partial charge in [0.1, 0.15) is 5.69 Å². The third-order valence-corrected chi connectivity index (χ3v) is 5.57. The molecule has 0 radical (unpaired) electrons. The average Bonchev–Trinajstić information content (AvgIpc) is 3.24. The lowest BCUT2D eigenvalue weighted by Crippen LogP contribution is -2.49. The number of nitrogens with zero attached hydrogens (tertiary/aromatic N) is 6. The highest BCUT2D eigenvalue weighted by Gasteiger charge is 2.25. The molecule has 1 aromatic carbocycles. The van der Waals surface area contributed by atoms with Crippen molar-refractivity contribution in [3.05, 3.63) is 72.3 Å². The molecule has 1 saturated heterocycles. The normalized spacial score (nSPS) is 16.1. The summed E-state index contributed by atoms with van der Waals surface area (Å²) >= 11 is 0. The van der Waals surface area contributed by atoms with E-state index in [1.165, 1.54) is 11.3 Å². The van der Waals surface area contributed by atoms with Crippen molar-refractivity contribution in [2.24, 2.45) is 0 Å². The maximum atomic E-state index is 12.9. The summed E-state index contributed by atoms with van der Waals surface area (Å²) < 4.78 is 0. The Morgan fingerprint density at radius 2 is 1.62 bits per heavy atom. The molecule has 2 aromatic heterocycles. The number of pyridine rings is 1. The van der Waals surface area contributed by atoms with Crippen LogP contribution in [0.5, 0.6) is 0 Å². The van der Waals surface area contributed by atoms with Gasteiger partial charge in [0.2, 0.25) is 5.95 Å². The van der Waals surface area contributed by atoms with E-state index < -0.39 is 0 Å². The number of benzene rings is 1. The standard InChI is InChI=1S/C22H22N6O/c29-21(26-12-14-27(15-13-26)22-23-9-3-10-24-22)19-7-6-18(16-25-19)28-11-8-17-4-1-2-5-20(17)28/h1-7,9-10,16H,8,11-15H2. The van der Waals surface area contributed by atoms with Crippen molar-refractivity contribution in [3.8, 4) is 0 Å². The summed E-state index contributed by atoms with van der Waals surface area (Å²) in [4.78, 5) is 32.1. The molecule has 29 heavy (non-hydrogen) atoms. The van der Waals surface area contributed by atoms with Crippen molar-refractivity contribution >= 4 is 23.2 Å². The number of para-hydroxylation sites is 1. The Hall–Kier alpha value is -3.48. The molecule has 3 aromatic rings. The zero-order valence-electron chi connectivity index (χ0n) is 16.1. The van der Waals surface area contributed by atoms with Crippen molar-refractivity contribution in [1.29, 1.82) is 0 Å². The molecule has 2 aliphatic rings. The first-order chi connectivity index (χ1) is 14.3. The summed E-state index contributed by atoms with van der Waals surface area (Å²) in [5, 5.41) is 0. The maximum Gasteiger partial charge on any atom is 0.272 e. The molecule has 146 valence electrons. The fourth-order valence-electron chi connectivity index (χ4n) is 4.00. The molecule has 7 nitrogen and oxygen atoms in total. The lowest BCUT2D eigenvalue weighted by atomic mass is 10.2. The van der Waals surface area contributed by atoms with Crippen molar-refractivity contribution in [2.75, 3.05) is 42.5 Å². The zero-order chi connectivity index (χ0) is 19.6. The summed E-state index contributed by atoms with van der Waals surface area (Å²) in [5.74, 6) is 0.694. The predicted octanol–water partition coefficient (Wildman–Crippen LogP) is 2.53. The highest BCUT2D eigenvalue weighted by atomic mass is 16.2. The molecule has 0 spiro atoms. The van der Waals surface area contributed by atoms with E-state index in [4.69, 9.17) is 0 Å². The van der Waals surface area contributed by atoms with E-state index in [1.807, 2.05) is 23.2 Å². The van der Waals surface area contributed by atoms with Crippen molar-refractivity contribution in [3.63, 3.8) is 0 Å². The maximum absolute atomic E-state index is 12.9. The highest BCUT2D eigenvalue weighted by Crippen LogP contribution is 2.33. The van der Waals surface area contributed by atoms with Gasteiger partial charge in [-0.2, -0.15) is 0 Å². The van der Waals surface area contributed by atoms with Crippen LogP contribution in [0.1, 0.15) is 16.1 Å². The Bertz CT molecular complexity index is 999. The van der Waals surface area contributed by atoms with Crippen LogP contribution in [0.15, 0.2) is 61.1 Å². The molecule has 1 fully saturated rings. The number of fused-ring (bicyclic) bond motifs is 1. The number of anilines is 3. The Labute approximate surface area is 169 Å². The van der Waals surface area contributed by atoms with E-state index in [0.717, 1.165) is 31.7 Å². The molecular weight excluding hydrogens is 364 g/mol. The zero-order valence-corrected chi connectivity index (χ0v) is 16.1.